The molecule has 1 aliphatic rings. The Morgan fingerprint density at radius 3 is 2.31 bits per heavy atom. The predicted octanol–water partition coefficient (Wildman–Crippen LogP) is 1.68. The van der Waals surface area contributed by atoms with Gasteiger partial charge in [-0.2, -0.15) is 4.31 Å². The fourth-order valence-electron chi connectivity index (χ4n) is 3.47. The number of benzene rings is 2. The van der Waals surface area contributed by atoms with E-state index in [1.54, 1.807) is 19.1 Å². The van der Waals surface area contributed by atoms with Crippen molar-refractivity contribution < 1.29 is 18.0 Å². The Morgan fingerprint density at radius 2 is 1.72 bits per heavy atom. The van der Waals surface area contributed by atoms with Crippen molar-refractivity contribution in [3.8, 4) is 0 Å². The van der Waals surface area contributed by atoms with E-state index in [0.29, 0.717) is 5.69 Å². The molecule has 2 amide bonds. The number of hydrogen-bond acceptors (Lipinski definition) is 4. The van der Waals surface area contributed by atoms with Crippen LogP contribution in [0.3, 0.4) is 0 Å². The van der Waals surface area contributed by atoms with Crippen LogP contribution in [0.4, 0.5) is 5.69 Å². The molecule has 1 saturated heterocycles. The molecule has 1 aliphatic heterocycles. The van der Waals surface area contributed by atoms with Crippen LogP contribution < -0.4 is 10.2 Å². The molecule has 0 bridgehead atoms. The maximum absolute atomic E-state index is 13.2. The highest BCUT2D eigenvalue weighted by atomic mass is 32.2. The highest BCUT2D eigenvalue weighted by Crippen LogP contribution is 2.30. The van der Waals surface area contributed by atoms with Crippen LogP contribution in [0.15, 0.2) is 54.6 Å². The second-order valence-electron chi connectivity index (χ2n) is 7.54. The van der Waals surface area contributed by atoms with Crippen molar-refractivity contribution in [2.45, 2.75) is 25.9 Å². The number of nitrogens with zero attached hydrogens (tertiary/aromatic N) is 2. The van der Waals surface area contributed by atoms with Gasteiger partial charge in [0.1, 0.15) is 5.54 Å². The zero-order valence-corrected chi connectivity index (χ0v) is 17.6. The van der Waals surface area contributed by atoms with Crippen LogP contribution in [0.2, 0.25) is 0 Å². The molecular formula is C21H25N3O4S. The Kier molecular flexibility index (Phi) is 5.77. The maximum atomic E-state index is 13.2. The third-order valence-electron chi connectivity index (χ3n) is 5.09. The first-order valence-electron chi connectivity index (χ1n) is 9.28. The largest absolute Gasteiger partial charge is 0.350 e. The first-order valence-corrected chi connectivity index (χ1v) is 11.1. The van der Waals surface area contributed by atoms with Crippen LogP contribution in [0.25, 0.3) is 0 Å². The summed E-state index contributed by atoms with van der Waals surface area (Å²) in [6, 6.07) is 16.6. The molecule has 7 nitrogen and oxygen atoms in total. The normalized spacial score (nSPS) is 20.5. The molecule has 2 aromatic carbocycles. The molecule has 2 aromatic rings. The third kappa shape index (κ3) is 4.49. The molecule has 154 valence electrons. The summed E-state index contributed by atoms with van der Waals surface area (Å²) in [5, 5.41) is 2.86. The van der Waals surface area contributed by atoms with Crippen molar-refractivity contribution in [3.05, 3.63) is 65.7 Å². The number of carbonyl (C=O) groups is 2. The standard InChI is InChI=1S/C21H25N3O4S/c1-16-9-11-18(12-10-16)24-19(25)14-23(29(3,27)28)15-21(24,2)20(26)22-13-17-7-5-4-6-8-17/h4-12H,13-15H2,1-3H3,(H,22,26)/t21-/m1/s1. The second-order valence-corrected chi connectivity index (χ2v) is 9.52. The summed E-state index contributed by atoms with van der Waals surface area (Å²) in [7, 11) is -3.64. The minimum Gasteiger partial charge on any atom is -0.350 e. The van der Waals surface area contributed by atoms with Crippen molar-refractivity contribution in [2.75, 3.05) is 24.2 Å². The van der Waals surface area contributed by atoms with Crippen LogP contribution in [-0.2, 0) is 26.2 Å². The van der Waals surface area contributed by atoms with E-state index in [4.69, 9.17) is 0 Å². The molecule has 0 unspecified atom stereocenters. The molecule has 1 heterocycles. The number of anilines is 1. The Hall–Kier alpha value is -2.71. The highest BCUT2D eigenvalue weighted by molar-refractivity contribution is 7.88. The van der Waals surface area contributed by atoms with Crippen LogP contribution in [0, 0.1) is 6.92 Å². The monoisotopic (exact) mass is 415 g/mol. The smallest absolute Gasteiger partial charge is 0.247 e. The Morgan fingerprint density at radius 1 is 1.10 bits per heavy atom. The van der Waals surface area contributed by atoms with Crippen molar-refractivity contribution in [2.24, 2.45) is 0 Å². The molecule has 0 radical (unpaired) electrons. The van der Waals surface area contributed by atoms with Gasteiger partial charge in [0.2, 0.25) is 21.8 Å². The van der Waals surface area contributed by atoms with Crippen LogP contribution in [0.1, 0.15) is 18.1 Å². The molecule has 0 spiro atoms. The van der Waals surface area contributed by atoms with Gasteiger partial charge in [0, 0.05) is 18.8 Å². The van der Waals surface area contributed by atoms with E-state index in [1.807, 2.05) is 49.4 Å². The van der Waals surface area contributed by atoms with Crippen molar-refractivity contribution >= 4 is 27.5 Å². The summed E-state index contributed by atoms with van der Waals surface area (Å²) in [4.78, 5) is 27.6. The number of sulfonamides is 1. The molecule has 0 aromatic heterocycles. The molecule has 1 N–H and O–H groups in total. The zero-order chi connectivity index (χ0) is 21.2. The van der Waals surface area contributed by atoms with Gasteiger partial charge >= 0.3 is 0 Å². The third-order valence-corrected chi connectivity index (χ3v) is 6.28. The number of hydrogen-bond donors (Lipinski definition) is 1. The lowest BCUT2D eigenvalue weighted by molar-refractivity contribution is -0.133. The quantitative estimate of drug-likeness (QED) is 0.805. The van der Waals surface area contributed by atoms with Crippen LogP contribution in [-0.4, -0.2) is 49.4 Å². The van der Waals surface area contributed by atoms with Gasteiger partial charge < -0.3 is 5.32 Å². The van der Waals surface area contributed by atoms with E-state index in [9.17, 15) is 18.0 Å². The van der Waals surface area contributed by atoms with Crippen LogP contribution in [0.5, 0.6) is 0 Å². The fourth-order valence-corrected chi connectivity index (χ4v) is 4.30. The lowest BCUT2D eigenvalue weighted by atomic mass is 9.94. The highest BCUT2D eigenvalue weighted by Gasteiger charge is 2.50. The maximum Gasteiger partial charge on any atom is 0.247 e. The second kappa shape index (κ2) is 7.96. The summed E-state index contributed by atoms with van der Waals surface area (Å²) in [6.45, 7) is 3.39. The number of nitrogens with one attached hydrogen (secondary N) is 1. The minimum atomic E-state index is -3.64. The molecule has 3 rings (SSSR count). The number of piperazine rings is 1. The van der Waals surface area contributed by atoms with E-state index in [1.165, 1.54) is 4.90 Å². The van der Waals surface area contributed by atoms with Gasteiger partial charge in [-0.1, -0.05) is 48.0 Å². The van der Waals surface area contributed by atoms with Gasteiger partial charge in [0.05, 0.1) is 12.8 Å². The Bertz CT molecular complexity index is 1010. The molecule has 1 fully saturated rings. The molecular weight excluding hydrogens is 390 g/mol. The average Bonchev–Trinajstić information content (AvgIpc) is 2.67. The van der Waals surface area contributed by atoms with E-state index in [-0.39, 0.29) is 19.6 Å². The van der Waals surface area contributed by atoms with Gasteiger partial charge in [-0.05, 0) is 31.5 Å². The molecule has 0 aliphatic carbocycles. The van der Waals surface area contributed by atoms with Crippen molar-refractivity contribution in [3.63, 3.8) is 0 Å². The molecule has 8 heteroatoms. The summed E-state index contributed by atoms with van der Waals surface area (Å²) in [5.41, 5.74) is 1.10. The number of aryl methyl sites for hydroxylation is 1. The van der Waals surface area contributed by atoms with E-state index in [2.05, 4.69) is 5.32 Å². The zero-order valence-electron chi connectivity index (χ0n) is 16.8. The molecule has 29 heavy (non-hydrogen) atoms. The van der Waals surface area contributed by atoms with E-state index in [0.717, 1.165) is 21.7 Å². The van der Waals surface area contributed by atoms with Gasteiger partial charge in [0.15, 0.2) is 0 Å². The van der Waals surface area contributed by atoms with E-state index < -0.39 is 27.4 Å². The summed E-state index contributed by atoms with van der Waals surface area (Å²) in [6.07, 6.45) is 1.05. The average molecular weight is 416 g/mol. The first kappa shape index (κ1) is 21.0. The van der Waals surface area contributed by atoms with E-state index >= 15 is 0 Å². The first-order chi connectivity index (χ1) is 13.6. The van der Waals surface area contributed by atoms with Gasteiger partial charge in [0.25, 0.3) is 0 Å². The Balaban J connectivity index is 1.95. The molecule has 1 atom stereocenters. The number of carbonyl (C=O) groups excluding carboxylic acids is 2. The Labute approximate surface area is 171 Å². The number of rotatable bonds is 5. The lowest BCUT2D eigenvalue weighted by Crippen LogP contribution is -2.70. The van der Waals surface area contributed by atoms with Gasteiger partial charge in [-0.15, -0.1) is 0 Å². The predicted molar refractivity (Wildman–Crippen MR) is 112 cm³/mol. The SMILES string of the molecule is Cc1ccc(N2C(=O)CN(S(C)(=O)=O)C[C@]2(C)C(=O)NCc2ccccc2)cc1. The molecule has 0 saturated carbocycles. The fraction of sp³-hybridized carbons (Fsp3) is 0.333. The van der Waals surface area contributed by atoms with Crippen LogP contribution >= 0.6 is 0 Å². The topological polar surface area (TPSA) is 86.8 Å². The van der Waals surface area contributed by atoms with Crippen molar-refractivity contribution in [1.82, 2.24) is 9.62 Å². The lowest BCUT2D eigenvalue weighted by Gasteiger charge is -2.46. The minimum absolute atomic E-state index is 0.119. The van der Waals surface area contributed by atoms with Gasteiger partial charge in [-0.25, -0.2) is 8.42 Å². The van der Waals surface area contributed by atoms with Gasteiger partial charge in [-0.3, -0.25) is 14.5 Å². The van der Waals surface area contributed by atoms with Crippen molar-refractivity contribution in [1.29, 1.82) is 0 Å². The summed E-state index contributed by atoms with van der Waals surface area (Å²) >= 11 is 0. The summed E-state index contributed by atoms with van der Waals surface area (Å²) in [5.74, 6) is -0.855. The summed E-state index contributed by atoms with van der Waals surface area (Å²) < 4.78 is 25.3. The number of amides is 2.